The number of nitrogens with zero attached hydrogens (tertiary/aromatic N) is 4. The summed E-state index contributed by atoms with van der Waals surface area (Å²) in [5, 5.41) is 6.77. The molecule has 0 amide bonds. The van der Waals surface area contributed by atoms with Crippen LogP contribution in [-0.2, 0) is 13.1 Å². The molecule has 0 spiro atoms. The zero-order valence-corrected chi connectivity index (χ0v) is 17.9. The molecule has 2 N–H and O–H groups in total. The van der Waals surface area contributed by atoms with E-state index in [-0.39, 0.29) is 0 Å². The molecular weight excluding hydrogens is 360 g/mol. The summed E-state index contributed by atoms with van der Waals surface area (Å²) in [5.41, 5.74) is 4.49. The summed E-state index contributed by atoms with van der Waals surface area (Å²) in [4.78, 5) is 11.4. The van der Waals surface area contributed by atoms with Crippen molar-refractivity contribution in [3.05, 3.63) is 71.7 Å². The molecule has 0 saturated carbocycles. The summed E-state index contributed by atoms with van der Waals surface area (Å²) in [6.45, 7) is 6.82. The molecule has 2 aromatic heterocycles. The third kappa shape index (κ3) is 5.81. The molecule has 29 heavy (non-hydrogen) atoms. The van der Waals surface area contributed by atoms with Crippen LogP contribution < -0.4 is 10.6 Å². The lowest BCUT2D eigenvalue weighted by Gasteiger charge is -2.25. The summed E-state index contributed by atoms with van der Waals surface area (Å²) in [7, 11) is 3.98. The van der Waals surface area contributed by atoms with Crippen LogP contribution >= 0.6 is 0 Å². The van der Waals surface area contributed by atoms with E-state index in [2.05, 4.69) is 93.4 Å². The molecule has 3 aromatic rings. The molecule has 1 atom stereocenters. The van der Waals surface area contributed by atoms with E-state index in [9.17, 15) is 0 Å². The Morgan fingerprint density at radius 2 is 1.93 bits per heavy atom. The minimum absolute atomic E-state index is 0.474. The van der Waals surface area contributed by atoms with Crippen LogP contribution in [0.4, 0.5) is 0 Å². The van der Waals surface area contributed by atoms with E-state index in [0.29, 0.717) is 12.6 Å². The third-order valence-corrected chi connectivity index (χ3v) is 5.29. The van der Waals surface area contributed by atoms with Crippen molar-refractivity contribution in [2.24, 2.45) is 4.99 Å². The predicted octanol–water partition coefficient (Wildman–Crippen LogP) is 3.22. The second-order valence-corrected chi connectivity index (χ2v) is 7.52. The van der Waals surface area contributed by atoms with Gasteiger partial charge >= 0.3 is 0 Å². The Morgan fingerprint density at radius 1 is 1.14 bits per heavy atom. The summed E-state index contributed by atoms with van der Waals surface area (Å²) < 4.78 is 2.11. The first kappa shape index (κ1) is 20.9. The monoisotopic (exact) mass is 392 g/mol. The molecule has 0 radical (unpaired) electrons. The smallest absolute Gasteiger partial charge is 0.191 e. The van der Waals surface area contributed by atoms with Crippen molar-refractivity contribution < 1.29 is 0 Å². The fourth-order valence-corrected chi connectivity index (χ4v) is 3.33. The standard InChI is InChI=1S/C23H32N6/c1-18(28(4)16-20-10-6-5-7-11-20)13-14-25-23(24-3)26-15-21-17-29-19(2)9-8-12-22(29)27-21/h5-12,17-18H,13-16H2,1-4H3,(H2,24,25,26). The van der Waals surface area contributed by atoms with Crippen molar-refractivity contribution in [1.29, 1.82) is 0 Å². The second kappa shape index (κ2) is 10.1. The van der Waals surface area contributed by atoms with Gasteiger partial charge in [-0.15, -0.1) is 0 Å². The Labute approximate surface area is 173 Å². The van der Waals surface area contributed by atoms with Gasteiger partial charge in [0, 0.05) is 38.1 Å². The minimum Gasteiger partial charge on any atom is -0.356 e. The first-order valence-corrected chi connectivity index (χ1v) is 10.2. The molecule has 6 nitrogen and oxygen atoms in total. The highest BCUT2D eigenvalue weighted by Gasteiger charge is 2.10. The van der Waals surface area contributed by atoms with Gasteiger partial charge in [-0.1, -0.05) is 36.4 Å². The quantitative estimate of drug-likeness (QED) is 0.457. The van der Waals surface area contributed by atoms with E-state index >= 15 is 0 Å². The molecule has 1 aromatic carbocycles. The van der Waals surface area contributed by atoms with E-state index in [1.165, 1.54) is 11.3 Å². The number of hydrogen-bond donors (Lipinski definition) is 2. The lowest BCUT2D eigenvalue weighted by atomic mass is 10.1. The highest BCUT2D eigenvalue weighted by atomic mass is 15.2. The maximum atomic E-state index is 4.66. The largest absolute Gasteiger partial charge is 0.356 e. The Hall–Kier alpha value is -2.86. The lowest BCUT2D eigenvalue weighted by Crippen LogP contribution is -2.39. The first-order valence-electron chi connectivity index (χ1n) is 10.2. The summed E-state index contributed by atoms with van der Waals surface area (Å²) >= 11 is 0. The van der Waals surface area contributed by atoms with Crippen LogP contribution in [0.25, 0.3) is 5.65 Å². The predicted molar refractivity (Wildman–Crippen MR) is 120 cm³/mol. The molecule has 0 aliphatic heterocycles. The van der Waals surface area contributed by atoms with E-state index in [4.69, 9.17) is 0 Å². The molecule has 0 aliphatic rings. The van der Waals surface area contributed by atoms with E-state index in [0.717, 1.165) is 36.8 Å². The molecular formula is C23H32N6. The van der Waals surface area contributed by atoms with Crippen molar-refractivity contribution >= 4 is 11.6 Å². The second-order valence-electron chi connectivity index (χ2n) is 7.52. The maximum Gasteiger partial charge on any atom is 0.191 e. The molecule has 2 heterocycles. The van der Waals surface area contributed by atoms with Gasteiger partial charge in [-0.2, -0.15) is 0 Å². The number of rotatable bonds is 8. The number of pyridine rings is 1. The van der Waals surface area contributed by atoms with Crippen LogP contribution in [0.5, 0.6) is 0 Å². The topological polar surface area (TPSA) is 57.0 Å². The maximum absolute atomic E-state index is 4.66. The zero-order valence-electron chi connectivity index (χ0n) is 17.9. The number of fused-ring (bicyclic) bond motifs is 1. The molecule has 1 unspecified atom stereocenters. The van der Waals surface area contributed by atoms with Gasteiger partial charge in [0.1, 0.15) is 5.65 Å². The number of hydrogen-bond acceptors (Lipinski definition) is 3. The van der Waals surface area contributed by atoms with Gasteiger partial charge in [-0.05, 0) is 45.0 Å². The van der Waals surface area contributed by atoms with Crippen molar-refractivity contribution in [2.45, 2.75) is 39.4 Å². The number of imidazole rings is 1. The zero-order chi connectivity index (χ0) is 20.6. The molecule has 3 rings (SSSR count). The number of aryl methyl sites for hydroxylation is 1. The summed E-state index contributed by atoms with van der Waals surface area (Å²) in [6.07, 6.45) is 3.11. The van der Waals surface area contributed by atoms with E-state index < -0.39 is 0 Å². The number of benzene rings is 1. The van der Waals surface area contributed by atoms with Gasteiger partial charge in [-0.25, -0.2) is 4.98 Å². The Bertz CT molecular complexity index is 931. The summed E-state index contributed by atoms with van der Waals surface area (Å²) in [6, 6.07) is 17.2. The fraction of sp³-hybridized carbons (Fsp3) is 0.391. The SMILES string of the molecule is CN=C(NCCC(C)N(C)Cc1ccccc1)NCc1cn2c(C)cccc2n1. The van der Waals surface area contributed by atoms with Crippen molar-refractivity contribution in [1.82, 2.24) is 24.9 Å². The van der Waals surface area contributed by atoms with Crippen molar-refractivity contribution in [2.75, 3.05) is 20.6 Å². The number of guanidine groups is 1. The molecule has 6 heteroatoms. The van der Waals surface area contributed by atoms with Gasteiger partial charge in [0.05, 0.1) is 12.2 Å². The highest BCUT2D eigenvalue weighted by molar-refractivity contribution is 5.79. The van der Waals surface area contributed by atoms with Gasteiger partial charge in [0.25, 0.3) is 0 Å². The average Bonchev–Trinajstić information content (AvgIpc) is 3.15. The minimum atomic E-state index is 0.474. The van der Waals surface area contributed by atoms with Gasteiger partial charge in [-0.3, -0.25) is 9.89 Å². The molecule has 0 saturated heterocycles. The number of aromatic nitrogens is 2. The van der Waals surface area contributed by atoms with Gasteiger partial charge in [0.15, 0.2) is 5.96 Å². The van der Waals surface area contributed by atoms with Crippen molar-refractivity contribution in [3.63, 3.8) is 0 Å². The number of nitrogens with one attached hydrogen (secondary N) is 2. The molecule has 0 fully saturated rings. The van der Waals surface area contributed by atoms with Crippen LogP contribution in [0.1, 0.15) is 30.3 Å². The molecule has 0 bridgehead atoms. The van der Waals surface area contributed by atoms with E-state index in [1.807, 2.05) is 12.1 Å². The molecule has 154 valence electrons. The highest BCUT2D eigenvalue weighted by Crippen LogP contribution is 2.09. The summed E-state index contributed by atoms with van der Waals surface area (Å²) in [5.74, 6) is 0.802. The van der Waals surface area contributed by atoms with Crippen LogP contribution in [0.15, 0.2) is 59.7 Å². The van der Waals surface area contributed by atoms with Crippen LogP contribution in [-0.4, -0.2) is 46.9 Å². The lowest BCUT2D eigenvalue weighted by molar-refractivity contribution is 0.238. The van der Waals surface area contributed by atoms with E-state index in [1.54, 1.807) is 7.05 Å². The number of aliphatic imine (C=N–C) groups is 1. The van der Waals surface area contributed by atoms with Crippen LogP contribution in [0.3, 0.4) is 0 Å². The average molecular weight is 393 g/mol. The first-order chi connectivity index (χ1) is 14.1. The van der Waals surface area contributed by atoms with Crippen LogP contribution in [0, 0.1) is 6.92 Å². The van der Waals surface area contributed by atoms with Crippen LogP contribution in [0.2, 0.25) is 0 Å². The Balaban J connectivity index is 1.43. The Kier molecular flexibility index (Phi) is 7.25. The van der Waals surface area contributed by atoms with Crippen molar-refractivity contribution in [3.8, 4) is 0 Å². The Morgan fingerprint density at radius 3 is 2.66 bits per heavy atom. The van der Waals surface area contributed by atoms with Gasteiger partial charge < -0.3 is 15.0 Å². The fourth-order valence-electron chi connectivity index (χ4n) is 3.33. The normalized spacial score (nSPS) is 13.1. The third-order valence-electron chi connectivity index (χ3n) is 5.29. The van der Waals surface area contributed by atoms with Gasteiger partial charge in [0.2, 0.25) is 0 Å². The molecule has 0 aliphatic carbocycles.